The van der Waals surface area contributed by atoms with Gasteiger partial charge in [-0.3, -0.25) is 4.79 Å². The monoisotopic (exact) mass is 347 g/mol. The average Bonchev–Trinajstić information content (AvgIpc) is 2.68. The summed E-state index contributed by atoms with van der Waals surface area (Å²) >= 11 is 0. The number of hydrogen-bond acceptors (Lipinski definition) is 4. The van der Waals surface area contributed by atoms with Gasteiger partial charge in [0.1, 0.15) is 11.8 Å². The van der Waals surface area contributed by atoms with Crippen molar-refractivity contribution in [3.8, 4) is 5.75 Å². The van der Waals surface area contributed by atoms with Gasteiger partial charge in [0.15, 0.2) is 0 Å². The summed E-state index contributed by atoms with van der Waals surface area (Å²) in [5, 5.41) is 9.47. The minimum Gasteiger partial charge on any atom is -0.497 e. The molecular weight excluding hydrogens is 326 g/mol. The molecule has 1 amide bonds. The van der Waals surface area contributed by atoms with E-state index in [1.807, 2.05) is 66.7 Å². The van der Waals surface area contributed by atoms with Crippen molar-refractivity contribution in [2.45, 2.75) is 13.0 Å². The molecule has 0 heterocycles. The maximum absolute atomic E-state index is 12.3. The fraction of sp³-hybridized carbons (Fsp3) is 0.143. The Labute approximate surface area is 152 Å². The van der Waals surface area contributed by atoms with Gasteiger partial charge in [0, 0.05) is 11.1 Å². The van der Waals surface area contributed by atoms with E-state index >= 15 is 0 Å². The normalized spacial score (nSPS) is 12.1. The van der Waals surface area contributed by atoms with Crippen molar-refractivity contribution in [1.29, 1.82) is 0 Å². The highest BCUT2D eigenvalue weighted by Crippen LogP contribution is 2.23. The maximum atomic E-state index is 12.3. The Bertz CT molecular complexity index is 932. The van der Waals surface area contributed by atoms with Crippen LogP contribution in [0.2, 0.25) is 0 Å². The van der Waals surface area contributed by atoms with Crippen LogP contribution >= 0.6 is 0 Å². The van der Waals surface area contributed by atoms with Crippen LogP contribution in [0.1, 0.15) is 12.5 Å². The summed E-state index contributed by atoms with van der Waals surface area (Å²) in [6.07, 6.45) is 1.59. The standard InChI is InChI=1S/C21H21N3O2/c1-15(23-20-12-6-9-17-8-3-4-11-19(17)20)21(25)24-22-14-16-7-5-10-18(13-16)26-2/h3-15,23H,1-2H3,(H,24,25)/b22-14-/t15-/m1/s1. The van der Waals surface area contributed by atoms with Gasteiger partial charge in [0.05, 0.1) is 13.3 Å². The Morgan fingerprint density at radius 2 is 1.85 bits per heavy atom. The molecule has 5 nitrogen and oxygen atoms in total. The molecular formula is C21H21N3O2. The van der Waals surface area contributed by atoms with Crippen LogP contribution < -0.4 is 15.5 Å². The third-order valence-corrected chi connectivity index (χ3v) is 4.04. The quantitative estimate of drug-likeness (QED) is 0.527. The number of ether oxygens (including phenoxy) is 1. The van der Waals surface area contributed by atoms with Gasteiger partial charge in [0.25, 0.3) is 5.91 Å². The molecule has 0 radical (unpaired) electrons. The lowest BCUT2D eigenvalue weighted by Gasteiger charge is -2.15. The van der Waals surface area contributed by atoms with E-state index in [-0.39, 0.29) is 5.91 Å². The number of anilines is 1. The summed E-state index contributed by atoms with van der Waals surface area (Å²) in [5.41, 5.74) is 4.33. The largest absolute Gasteiger partial charge is 0.497 e. The number of nitrogens with zero attached hydrogens (tertiary/aromatic N) is 1. The van der Waals surface area contributed by atoms with Gasteiger partial charge < -0.3 is 10.1 Å². The summed E-state index contributed by atoms with van der Waals surface area (Å²) in [4.78, 5) is 12.3. The minimum atomic E-state index is -0.428. The third kappa shape index (κ3) is 4.19. The van der Waals surface area contributed by atoms with E-state index in [2.05, 4.69) is 15.8 Å². The van der Waals surface area contributed by atoms with Crippen molar-refractivity contribution in [3.05, 3.63) is 72.3 Å². The molecule has 0 fully saturated rings. The number of carbonyl (C=O) groups is 1. The number of nitrogens with one attached hydrogen (secondary N) is 2. The van der Waals surface area contributed by atoms with Crippen molar-refractivity contribution in [3.63, 3.8) is 0 Å². The summed E-state index contributed by atoms with van der Waals surface area (Å²) < 4.78 is 5.16. The number of carbonyl (C=O) groups excluding carboxylic acids is 1. The van der Waals surface area contributed by atoms with Crippen LogP contribution in [-0.2, 0) is 4.79 Å². The summed E-state index contributed by atoms with van der Waals surface area (Å²) in [6, 6.07) is 21.1. The van der Waals surface area contributed by atoms with Gasteiger partial charge in [-0.2, -0.15) is 5.10 Å². The predicted octanol–water partition coefficient (Wildman–Crippen LogP) is 3.80. The van der Waals surface area contributed by atoms with Crippen LogP contribution in [0.25, 0.3) is 10.8 Å². The van der Waals surface area contributed by atoms with Crippen LogP contribution in [0.4, 0.5) is 5.69 Å². The smallest absolute Gasteiger partial charge is 0.262 e. The highest BCUT2D eigenvalue weighted by atomic mass is 16.5. The molecule has 0 aliphatic carbocycles. The van der Waals surface area contributed by atoms with Crippen molar-refractivity contribution >= 4 is 28.6 Å². The lowest BCUT2D eigenvalue weighted by atomic mass is 10.1. The Kier molecular flexibility index (Phi) is 5.49. The van der Waals surface area contributed by atoms with Gasteiger partial charge in [0.2, 0.25) is 0 Å². The molecule has 0 aromatic heterocycles. The summed E-state index contributed by atoms with van der Waals surface area (Å²) in [5.74, 6) is 0.531. The van der Waals surface area contributed by atoms with Crippen LogP contribution in [0.15, 0.2) is 71.8 Å². The molecule has 132 valence electrons. The van der Waals surface area contributed by atoms with Gasteiger partial charge in [-0.05, 0) is 36.1 Å². The second kappa shape index (κ2) is 8.16. The number of rotatable bonds is 6. The first kappa shape index (κ1) is 17.5. The van der Waals surface area contributed by atoms with Gasteiger partial charge in [-0.1, -0.05) is 48.5 Å². The Balaban J connectivity index is 1.63. The zero-order valence-corrected chi connectivity index (χ0v) is 14.8. The first-order valence-corrected chi connectivity index (χ1v) is 8.38. The highest BCUT2D eigenvalue weighted by molar-refractivity contribution is 5.96. The number of fused-ring (bicyclic) bond motifs is 1. The van der Waals surface area contributed by atoms with E-state index in [0.717, 1.165) is 27.8 Å². The van der Waals surface area contributed by atoms with E-state index in [1.54, 1.807) is 20.2 Å². The topological polar surface area (TPSA) is 62.7 Å². The maximum Gasteiger partial charge on any atom is 0.262 e. The zero-order valence-electron chi connectivity index (χ0n) is 14.8. The van der Waals surface area contributed by atoms with Gasteiger partial charge in [-0.15, -0.1) is 0 Å². The second-order valence-electron chi connectivity index (χ2n) is 5.90. The fourth-order valence-corrected chi connectivity index (χ4v) is 2.64. The van der Waals surface area contributed by atoms with E-state index in [1.165, 1.54) is 0 Å². The molecule has 5 heteroatoms. The lowest BCUT2D eigenvalue weighted by Crippen LogP contribution is -2.34. The average molecular weight is 347 g/mol. The molecule has 3 aromatic rings. The van der Waals surface area contributed by atoms with Gasteiger partial charge >= 0.3 is 0 Å². The first-order chi connectivity index (χ1) is 12.7. The molecule has 3 aromatic carbocycles. The molecule has 1 atom stereocenters. The number of amides is 1. The molecule has 0 saturated carbocycles. The zero-order chi connectivity index (χ0) is 18.4. The molecule has 0 aliphatic heterocycles. The van der Waals surface area contributed by atoms with Crippen molar-refractivity contribution in [2.24, 2.45) is 5.10 Å². The van der Waals surface area contributed by atoms with Crippen LogP contribution in [-0.4, -0.2) is 25.3 Å². The van der Waals surface area contributed by atoms with Crippen molar-refractivity contribution in [1.82, 2.24) is 5.43 Å². The number of hydrazone groups is 1. The van der Waals surface area contributed by atoms with E-state index in [0.29, 0.717) is 0 Å². The summed E-state index contributed by atoms with van der Waals surface area (Å²) in [6.45, 7) is 1.80. The number of benzene rings is 3. The molecule has 0 aliphatic rings. The van der Waals surface area contributed by atoms with E-state index in [4.69, 9.17) is 4.74 Å². The summed E-state index contributed by atoms with van der Waals surface area (Å²) in [7, 11) is 1.61. The fourth-order valence-electron chi connectivity index (χ4n) is 2.64. The first-order valence-electron chi connectivity index (χ1n) is 8.38. The molecule has 3 rings (SSSR count). The Hall–Kier alpha value is -3.34. The highest BCUT2D eigenvalue weighted by Gasteiger charge is 2.12. The minimum absolute atomic E-state index is 0.211. The van der Waals surface area contributed by atoms with E-state index in [9.17, 15) is 4.79 Å². The second-order valence-corrected chi connectivity index (χ2v) is 5.90. The SMILES string of the molecule is COc1cccc(/C=N\NC(=O)[C@@H](C)Nc2cccc3ccccc23)c1. The van der Waals surface area contributed by atoms with Crippen LogP contribution in [0.5, 0.6) is 5.75 Å². The Morgan fingerprint density at radius 1 is 1.08 bits per heavy atom. The number of hydrogen-bond donors (Lipinski definition) is 2. The predicted molar refractivity (Wildman–Crippen MR) is 106 cm³/mol. The Morgan fingerprint density at radius 3 is 2.69 bits per heavy atom. The molecule has 0 bridgehead atoms. The van der Waals surface area contributed by atoms with E-state index < -0.39 is 6.04 Å². The molecule has 0 spiro atoms. The van der Waals surface area contributed by atoms with Crippen LogP contribution in [0.3, 0.4) is 0 Å². The van der Waals surface area contributed by atoms with Crippen molar-refractivity contribution in [2.75, 3.05) is 12.4 Å². The lowest BCUT2D eigenvalue weighted by molar-refractivity contribution is -0.121. The van der Waals surface area contributed by atoms with Crippen LogP contribution in [0, 0.1) is 0 Å². The molecule has 0 saturated heterocycles. The third-order valence-electron chi connectivity index (χ3n) is 4.04. The molecule has 0 unspecified atom stereocenters. The van der Waals surface area contributed by atoms with Gasteiger partial charge in [-0.25, -0.2) is 5.43 Å². The number of methoxy groups -OCH3 is 1. The van der Waals surface area contributed by atoms with Crippen molar-refractivity contribution < 1.29 is 9.53 Å². The molecule has 2 N–H and O–H groups in total. The molecule has 26 heavy (non-hydrogen) atoms.